The maximum atomic E-state index is 13.4. The smallest absolute Gasteiger partial charge is 0.326 e. The third-order valence-corrected chi connectivity index (χ3v) is 6.74. The minimum Gasteiger partial charge on any atom is -0.508 e. The van der Waals surface area contributed by atoms with Crippen LogP contribution in [0.2, 0.25) is 0 Å². The highest BCUT2D eigenvalue weighted by Gasteiger charge is 2.33. The molecule has 1 saturated heterocycles. The zero-order valence-electron chi connectivity index (χ0n) is 21.7. The number of carbonyl (C=O) groups excluding carboxylic acids is 3. The van der Waals surface area contributed by atoms with Gasteiger partial charge in [-0.3, -0.25) is 14.4 Å². The quantitative estimate of drug-likeness (QED) is 0.162. The van der Waals surface area contributed by atoms with Crippen LogP contribution in [0, 0.1) is 5.92 Å². The Kier molecular flexibility index (Phi) is 12.3. The van der Waals surface area contributed by atoms with E-state index in [1.54, 1.807) is 12.1 Å². The first-order valence-electron chi connectivity index (χ1n) is 13.0. The van der Waals surface area contributed by atoms with Crippen LogP contribution in [0.1, 0.15) is 57.9 Å². The fraction of sp³-hybridized carbons (Fsp3) is 0.615. The van der Waals surface area contributed by atoms with E-state index in [1.165, 1.54) is 12.1 Å². The van der Waals surface area contributed by atoms with Crippen molar-refractivity contribution in [1.29, 1.82) is 0 Å². The van der Waals surface area contributed by atoms with Crippen molar-refractivity contribution in [3.63, 3.8) is 0 Å². The van der Waals surface area contributed by atoms with Crippen LogP contribution in [0.5, 0.6) is 5.75 Å². The lowest BCUT2D eigenvalue weighted by Gasteiger charge is -2.28. The molecule has 206 valence electrons. The lowest BCUT2D eigenvalue weighted by Crippen LogP contribution is -2.59. The van der Waals surface area contributed by atoms with Crippen molar-refractivity contribution >= 4 is 23.7 Å². The predicted octanol–water partition coefficient (Wildman–Crippen LogP) is 0.401. The number of phenolic OH excluding ortho intramolecular Hbond substituents is 1. The first kappa shape index (κ1) is 30.0. The molecule has 5 unspecified atom stereocenters. The van der Waals surface area contributed by atoms with Crippen molar-refractivity contribution < 1.29 is 29.4 Å². The van der Waals surface area contributed by atoms with Gasteiger partial charge in [0.05, 0.1) is 6.04 Å². The molecule has 11 nitrogen and oxygen atoms in total. The number of amides is 3. The van der Waals surface area contributed by atoms with Crippen molar-refractivity contribution in [2.24, 2.45) is 11.7 Å². The molecule has 8 N–H and O–H groups in total. The van der Waals surface area contributed by atoms with E-state index >= 15 is 0 Å². The molecule has 0 bridgehead atoms. The predicted molar refractivity (Wildman–Crippen MR) is 139 cm³/mol. The summed E-state index contributed by atoms with van der Waals surface area (Å²) in [6, 6.07) is 2.73. The van der Waals surface area contributed by atoms with Gasteiger partial charge in [-0.25, -0.2) is 4.79 Å². The number of hydrogen-bond acceptors (Lipinski definition) is 7. The molecule has 1 aliphatic heterocycles. The highest BCUT2D eigenvalue weighted by Crippen LogP contribution is 2.14. The van der Waals surface area contributed by atoms with Crippen LogP contribution < -0.4 is 27.0 Å². The summed E-state index contributed by atoms with van der Waals surface area (Å²) < 4.78 is 0. The van der Waals surface area contributed by atoms with Crippen LogP contribution in [-0.4, -0.2) is 71.2 Å². The Morgan fingerprint density at radius 3 is 2.30 bits per heavy atom. The Labute approximate surface area is 217 Å². The molecule has 1 aromatic rings. The summed E-state index contributed by atoms with van der Waals surface area (Å²) in [7, 11) is 0. The average molecular weight is 520 g/mol. The molecule has 37 heavy (non-hydrogen) atoms. The van der Waals surface area contributed by atoms with Crippen LogP contribution in [0.3, 0.4) is 0 Å². The number of hydrogen-bond donors (Lipinski definition) is 7. The summed E-state index contributed by atoms with van der Waals surface area (Å²) in [6.07, 6.45) is 3.61. The van der Waals surface area contributed by atoms with Gasteiger partial charge in [-0.2, -0.15) is 0 Å². The van der Waals surface area contributed by atoms with E-state index in [9.17, 15) is 29.4 Å². The molecule has 1 heterocycles. The summed E-state index contributed by atoms with van der Waals surface area (Å²) in [6.45, 7) is 4.91. The second-order valence-corrected chi connectivity index (χ2v) is 9.64. The summed E-state index contributed by atoms with van der Waals surface area (Å²) in [4.78, 5) is 51.1. The summed E-state index contributed by atoms with van der Waals surface area (Å²) in [5.41, 5.74) is 6.16. The van der Waals surface area contributed by atoms with E-state index in [4.69, 9.17) is 5.73 Å². The zero-order valence-corrected chi connectivity index (χ0v) is 21.7. The second kappa shape index (κ2) is 15.2. The summed E-state index contributed by atoms with van der Waals surface area (Å²) >= 11 is 0. The fourth-order valence-electron chi connectivity index (χ4n) is 4.23. The average Bonchev–Trinajstić information content (AvgIpc) is 3.42. The number of aliphatic carboxylic acids is 1. The Balaban J connectivity index is 2.21. The Morgan fingerprint density at radius 1 is 1.05 bits per heavy atom. The van der Waals surface area contributed by atoms with Gasteiger partial charge in [0.15, 0.2) is 0 Å². The number of nitrogens with two attached hydrogens (primary N) is 1. The molecule has 3 amide bonds. The van der Waals surface area contributed by atoms with Crippen LogP contribution >= 0.6 is 0 Å². The number of phenols is 1. The highest BCUT2D eigenvalue weighted by molar-refractivity contribution is 5.94. The van der Waals surface area contributed by atoms with Crippen molar-refractivity contribution in [2.45, 2.75) is 83.0 Å². The van der Waals surface area contributed by atoms with E-state index in [0.717, 1.165) is 13.0 Å². The fourth-order valence-corrected chi connectivity index (χ4v) is 4.23. The van der Waals surface area contributed by atoms with E-state index in [2.05, 4.69) is 21.3 Å². The van der Waals surface area contributed by atoms with E-state index in [1.807, 2.05) is 13.8 Å². The van der Waals surface area contributed by atoms with Gasteiger partial charge in [0.1, 0.15) is 23.9 Å². The third kappa shape index (κ3) is 9.66. The molecule has 0 saturated carbocycles. The van der Waals surface area contributed by atoms with E-state index < -0.39 is 35.9 Å². The molecule has 5 atom stereocenters. The molecule has 1 fully saturated rings. The monoisotopic (exact) mass is 519 g/mol. The minimum absolute atomic E-state index is 0.0553. The normalized spacial score (nSPS) is 18.3. The van der Waals surface area contributed by atoms with Gasteiger partial charge in [-0.15, -0.1) is 0 Å². The molecule has 0 aromatic heterocycles. The minimum atomic E-state index is -1.17. The number of rotatable bonds is 15. The lowest BCUT2D eigenvalue weighted by molar-refractivity contribution is -0.142. The van der Waals surface area contributed by atoms with Gasteiger partial charge < -0.3 is 37.2 Å². The van der Waals surface area contributed by atoms with Crippen molar-refractivity contribution in [1.82, 2.24) is 21.3 Å². The Hall–Kier alpha value is -3.18. The maximum Gasteiger partial charge on any atom is 0.326 e. The van der Waals surface area contributed by atoms with Crippen LogP contribution in [0.25, 0.3) is 0 Å². The van der Waals surface area contributed by atoms with Gasteiger partial charge in [0.25, 0.3) is 0 Å². The summed E-state index contributed by atoms with van der Waals surface area (Å²) in [5, 5.41) is 30.4. The van der Waals surface area contributed by atoms with Crippen LogP contribution in [-0.2, 0) is 25.6 Å². The molecule has 0 radical (unpaired) electrons. The lowest BCUT2D eigenvalue weighted by atomic mass is 9.96. The van der Waals surface area contributed by atoms with Gasteiger partial charge in [0, 0.05) is 6.42 Å². The van der Waals surface area contributed by atoms with Crippen molar-refractivity contribution in [2.75, 3.05) is 13.1 Å². The number of carboxylic acids is 1. The van der Waals surface area contributed by atoms with E-state index in [0.29, 0.717) is 37.8 Å². The van der Waals surface area contributed by atoms with Gasteiger partial charge >= 0.3 is 5.97 Å². The number of aromatic hydroxyl groups is 1. The Morgan fingerprint density at radius 2 is 1.73 bits per heavy atom. The molecular formula is C26H41N5O6. The molecule has 2 rings (SSSR count). The zero-order chi connectivity index (χ0) is 27.4. The first-order chi connectivity index (χ1) is 17.7. The second-order valence-electron chi connectivity index (χ2n) is 9.64. The van der Waals surface area contributed by atoms with E-state index in [-0.39, 0.29) is 36.5 Å². The number of carboxylic acid groups (broad SMARTS) is 1. The highest BCUT2D eigenvalue weighted by atomic mass is 16.4. The Bertz CT molecular complexity index is 903. The standard InChI is InChI=1S/C26H41N5O6/c1-3-16(2)22(31-23(33)19-8-6-14-28-19)25(35)30-21(15-17-9-11-18(32)12-10-17)24(34)29-20(26(36)37)7-4-5-13-27/h9-12,16,19-22,28,32H,3-8,13-15,27H2,1-2H3,(H,29,34)(H,30,35)(H,31,33)(H,36,37). The van der Waals surface area contributed by atoms with Crippen molar-refractivity contribution in [3.05, 3.63) is 29.8 Å². The first-order valence-corrected chi connectivity index (χ1v) is 13.0. The molecule has 0 spiro atoms. The number of nitrogens with one attached hydrogen (secondary N) is 4. The SMILES string of the molecule is CCC(C)C(NC(=O)C1CCCN1)C(=O)NC(Cc1ccc(O)cc1)C(=O)NC(CCCCN)C(=O)O. The number of unbranched alkanes of at least 4 members (excludes halogenated alkanes) is 1. The molecule has 11 heteroatoms. The summed E-state index contributed by atoms with van der Waals surface area (Å²) in [5.74, 6) is -2.74. The van der Waals surface area contributed by atoms with Crippen LogP contribution in [0.4, 0.5) is 0 Å². The largest absolute Gasteiger partial charge is 0.508 e. The maximum absolute atomic E-state index is 13.4. The van der Waals surface area contributed by atoms with Gasteiger partial charge in [-0.05, 0) is 68.8 Å². The van der Waals surface area contributed by atoms with Gasteiger partial charge in [0.2, 0.25) is 17.7 Å². The molecule has 0 aliphatic carbocycles. The number of benzene rings is 1. The van der Waals surface area contributed by atoms with Crippen LogP contribution in [0.15, 0.2) is 24.3 Å². The molecule has 1 aromatic carbocycles. The third-order valence-electron chi connectivity index (χ3n) is 6.74. The number of carbonyl (C=O) groups is 4. The van der Waals surface area contributed by atoms with Gasteiger partial charge in [-0.1, -0.05) is 32.4 Å². The topological polar surface area (TPSA) is 183 Å². The molecule has 1 aliphatic rings. The van der Waals surface area contributed by atoms with Crippen molar-refractivity contribution in [3.8, 4) is 5.75 Å². The molecular weight excluding hydrogens is 478 g/mol.